The molecule has 0 bridgehead atoms. The molecule has 1 unspecified atom stereocenters. The first-order valence-electron chi connectivity index (χ1n) is 6.30. The monoisotopic (exact) mass is 297 g/mol. The zero-order valence-corrected chi connectivity index (χ0v) is 12.4. The molecule has 116 valence electrons. The number of carbonyl (C=O) groups excluding carboxylic acids is 1. The van der Waals surface area contributed by atoms with Crippen molar-refractivity contribution in [3.05, 3.63) is 27.8 Å². The van der Waals surface area contributed by atoms with E-state index in [1.165, 1.54) is 26.4 Å². The molecule has 21 heavy (non-hydrogen) atoms. The van der Waals surface area contributed by atoms with Gasteiger partial charge in [-0.3, -0.25) is 14.9 Å². The van der Waals surface area contributed by atoms with E-state index in [0.717, 1.165) is 0 Å². The van der Waals surface area contributed by atoms with Crippen LogP contribution in [0, 0.1) is 10.1 Å². The van der Waals surface area contributed by atoms with Gasteiger partial charge >= 0.3 is 0 Å². The lowest BCUT2D eigenvalue weighted by atomic mass is 10.1. The molecule has 1 atom stereocenters. The first-order chi connectivity index (χ1) is 9.94. The van der Waals surface area contributed by atoms with E-state index in [4.69, 9.17) is 9.47 Å². The van der Waals surface area contributed by atoms with Crippen LogP contribution in [-0.4, -0.2) is 44.7 Å². The summed E-state index contributed by atoms with van der Waals surface area (Å²) >= 11 is 0. The highest BCUT2D eigenvalue weighted by molar-refractivity contribution is 5.99. The molecule has 0 saturated carbocycles. The summed E-state index contributed by atoms with van der Waals surface area (Å²) in [5.74, 6) is -0.0796. The molecular formula is C13H19N3O5. The van der Waals surface area contributed by atoms with E-state index >= 15 is 0 Å². The van der Waals surface area contributed by atoms with E-state index in [1.54, 1.807) is 7.05 Å². The average Bonchev–Trinajstić information content (AvgIpc) is 2.50. The number of rotatable bonds is 7. The number of nitrogens with zero attached hydrogens (tertiary/aromatic N) is 1. The zero-order valence-electron chi connectivity index (χ0n) is 12.4. The molecule has 0 spiro atoms. The molecule has 0 aliphatic rings. The van der Waals surface area contributed by atoms with Crippen molar-refractivity contribution in [2.24, 2.45) is 0 Å². The third kappa shape index (κ3) is 4.06. The molecule has 0 radical (unpaired) electrons. The van der Waals surface area contributed by atoms with Gasteiger partial charge in [-0.1, -0.05) is 0 Å². The SMILES string of the molecule is CNC(C)CNC(=O)c1cc(OC)c(OC)cc1[N+](=O)[O-]. The second-order valence-corrected chi connectivity index (χ2v) is 4.38. The molecule has 8 nitrogen and oxygen atoms in total. The van der Waals surface area contributed by atoms with E-state index in [1.807, 2.05) is 6.92 Å². The van der Waals surface area contributed by atoms with Crippen LogP contribution in [0.1, 0.15) is 17.3 Å². The quantitative estimate of drug-likeness (QED) is 0.574. The fourth-order valence-corrected chi connectivity index (χ4v) is 1.64. The Bertz CT molecular complexity index is 533. The summed E-state index contributed by atoms with van der Waals surface area (Å²) in [5.41, 5.74) is -0.400. The van der Waals surface area contributed by atoms with Crippen molar-refractivity contribution in [2.45, 2.75) is 13.0 Å². The standard InChI is InChI=1S/C13H19N3O5/c1-8(14-2)7-15-13(17)9-5-11(20-3)12(21-4)6-10(9)16(18)19/h5-6,8,14H,7H2,1-4H3,(H,15,17). The maximum absolute atomic E-state index is 12.1. The molecule has 0 heterocycles. The lowest BCUT2D eigenvalue weighted by Crippen LogP contribution is -2.37. The van der Waals surface area contributed by atoms with E-state index in [9.17, 15) is 14.9 Å². The first kappa shape index (κ1) is 16.7. The fourth-order valence-electron chi connectivity index (χ4n) is 1.64. The summed E-state index contributed by atoms with van der Waals surface area (Å²) in [4.78, 5) is 22.6. The first-order valence-corrected chi connectivity index (χ1v) is 6.30. The number of carbonyl (C=O) groups is 1. The van der Waals surface area contributed by atoms with Gasteiger partial charge in [-0.2, -0.15) is 0 Å². The highest BCUT2D eigenvalue weighted by atomic mass is 16.6. The van der Waals surface area contributed by atoms with Crippen LogP contribution < -0.4 is 20.1 Å². The molecule has 0 aliphatic carbocycles. The van der Waals surface area contributed by atoms with Crippen LogP contribution in [0.15, 0.2) is 12.1 Å². The van der Waals surface area contributed by atoms with Crippen molar-refractivity contribution >= 4 is 11.6 Å². The van der Waals surface area contributed by atoms with Crippen molar-refractivity contribution in [2.75, 3.05) is 27.8 Å². The number of nitro benzene ring substituents is 1. The van der Waals surface area contributed by atoms with Crippen LogP contribution in [0.2, 0.25) is 0 Å². The fraction of sp³-hybridized carbons (Fsp3) is 0.462. The maximum atomic E-state index is 12.1. The van der Waals surface area contributed by atoms with Crippen molar-refractivity contribution in [1.29, 1.82) is 0 Å². The van der Waals surface area contributed by atoms with Crippen molar-refractivity contribution < 1.29 is 19.2 Å². The summed E-state index contributed by atoms with van der Waals surface area (Å²) in [6.07, 6.45) is 0. The van der Waals surface area contributed by atoms with Crippen LogP contribution in [0.3, 0.4) is 0 Å². The van der Waals surface area contributed by atoms with Crippen LogP contribution >= 0.6 is 0 Å². The van der Waals surface area contributed by atoms with Gasteiger partial charge in [0.2, 0.25) is 0 Å². The van der Waals surface area contributed by atoms with Crippen molar-refractivity contribution in [3.63, 3.8) is 0 Å². The Kier molecular flexibility index (Phi) is 5.92. The van der Waals surface area contributed by atoms with E-state index in [-0.39, 0.29) is 28.8 Å². The molecule has 0 aromatic heterocycles. The Morgan fingerprint density at radius 2 is 1.90 bits per heavy atom. The van der Waals surface area contributed by atoms with Crippen molar-refractivity contribution in [3.8, 4) is 11.5 Å². The van der Waals surface area contributed by atoms with Crippen LogP contribution in [0.25, 0.3) is 0 Å². The Labute approximate surface area is 122 Å². The molecule has 1 aromatic rings. The second kappa shape index (κ2) is 7.44. The second-order valence-electron chi connectivity index (χ2n) is 4.38. The number of amides is 1. The minimum atomic E-state index is -0.627. The molecule has 2 N–H and O–H groups in total. The van der Waals surface area contributed by atoms with E-state index in [0.29, 0.717) is 6.54 Å². The number of benzene rings is 1. The maximum Gasteiger partial charge on any atom is 0.286 e. The van der Waals surface area contributed by atoms with Gasteiger partial charge in [-0.05, 0) is 14.0 Å². The molecule has 0 saturated heterocycles. The number of nitrogens with one attached hydrogen (secondary N) is 2. The summed E-state index contributed by atoms with van der Waals surface area (Å²) < 4.78 is 10.1. The van der Waals surface area contributed by atoms with Crippen LogP contribution in [0.4, 0.5) is 5.69 Å². The Hall–Kier alpha value is -2.35. The summed E-state index contributed by atoms with van der Waals surface area (Å²) in [5, 5.41) is 16.7. The lowest BCUT2D eigenvalue weighted by Gasteiger charge is -2.13. The highest BCUT2D eigenvalue weighted by Gasteiger charge is 2.24. The number of hydrogen-bond donors (Lipinski definition) is 2. The van der Waals surface area contributed by atoms with E-state index < -0.39 is 10.8 Å². The molecule has 0 fully saturated rings. The van der Waals surface area contributed by atoms with Crippen LogP contribution in [-0.2, 0) is 0 Å². The number of hydrogen-bond acceptors (Lipinski definition) is 6. The smallest absolute Gasteiger partial charge is 0.286 e. The van der Waals surface area contributed by atoms with E-state index in [2.05, 4.69) is 10.6 Å². The molecular weight excluding hydrogens is 278 g/mol. The number of ether oxygens (including phenoxy) is 2. The number of nitro groups is 1. The van der Waals surface area contributed by atoms with Gasteiger partial charge in [0.05, 0.1) is 25.2 Å². The van der Waals surface area contributed by atoms with Gasteiger partial charge in [-0.25, -0.2) is 0 Å². The third-order valence-corrected chi connectivity index (χ3v) is 3.00. The van der Waals surface area contributed by atoms with Crippen molar-refractivity contribution in [1.82, 2.24) is 10.6 Å². The van der Waals surface area contributed by atoms with Gasteiger partial charge in [0.15, 0.2) is 11.5 Å². The Morgan fingerprint density at radius 3 is 2.38 bits per heavy atom. The molecule has 8 heteroatoms. The molecule has 0 aliphatic heterocycles. The lowest BCUT2D eigenvalue weighted by molar-refractivity contribution is -0.385. The van der Waals surface area contributed by atoms with Crippen LogP contribution in [0.5, 0.6) is 11.5 Å². The van der Waals surface area contributed by atoms with Gasteiger partial charge in [0, 0.05) is 18.7 Å². The largest absolute Gasteiger partial charge is 0.493 e. The van der Waals surface area contributed by atoms with Gasteiger partial charge in [0.25, 0.3) is 11.6 Å². The van der Waals surface area contributed by atoms with Gasteiger partial charge in [-0.15, -0.1) is 0 Å². The van der Waals surface area contributed by atoms with Gasteiger partial charge < -0.3 is 20.1 Å². The Balaban J connectivity index is 3.14. The van der Waals surface area contributed by atoms with Gasteiger partial charge in [0.1, 0.15) is 5.56 Å². The normalized spacial score (nSPS) is 11.6. The summed E-state index contributed by atoms with van der Waals surface area (Å²) in [6, 6.07) is 2.53. The predicted octanol–water partition coefficient (Wildman–Crippen LogP) is 0.950. The Morgan fingerprint density at radius 1 is 1.33 bits per heavy atom. The number of likely N-dealkylation sites (N-methyl/N-ethyl adjacent to an activating group) is 1. The average molecular weight is 297 g/mol. The zero-order chi connectivity index (χ0) is 16.0. The highest BCUT2D eigenvalue weighted by Crippen LogP contribution is 2.34. The molecule has 1 amide bonds. The topological polar surface area (TPSA) is 103 Å². The third-order valence-electron chi connectivity index (χ3n) is 3.00. The summed E-state index contributed by atoms with van der Waals surface area (Å²) in [6.45, 7) is 2.23. The number of methoxy groups -OCH3 is 2. The summed E-state index contributed by atoms with van der Waals surface area (Å²) in [7, 11) is 4.53. The minimum absolute atomic E-state index is 0.0492. The molecule has 1 rings (SSSR count). The molecule has 1 aromatic carbocycles. The predicted molar refractivity (Wildman–Crippen MR) is 77.1 cm³/mol. The minimum Gasteiger partial charge on any atom is -0.493 e.